The Morgan fingerprint density at radius 1 is 1.23 bits per heavy atom. The number of rotatable bonds is 0. The van der Waals surface area contributed by atoms with Crippen LogP contribution in [0.15, 0.2) is 6.20 Å². The van der Waals surface area contributed by atoms with Gasteiger partial charge in [0, 0.05) is 16.6 Å². The van der Waals surface area contributed by atoms with E-state index in [-0.39, 0.29) is 5.41 Å². The third-order valence-electron chi connectivity index (χ3n) is 2.13. The Labute approximate surface area is 85.1 Å². The van der Waals surface area contributed by atoms with Crippen LogP contribution in [0.5, 0.6) is 0 Å². The van der Waals surface area contributed by atoms with Crippen LogP contribution in [0.4, 0.5) is 0 Å². The van der Waals surface area contributed by atoms with Crippen LogP contribution in [-0.2, 0) is 5.41 Å². The van der Waals surface area contributed by atoms with Gasteiger partial charge in [-0.15, -0.1) is 0 Å². The number of hydrogen-bond acceptors (Lipinski definition) is 1. The second-order valence-corrected chi connectivity index (χ2v) is 4.86. The Morgan fingerprint density at radius 3 is 2.23 bits per heavy atom. The summed E-state index contributed by atoms with van der Waals surface area (Å²) in [6.45, 7) is 10.5. The lowest BCUT2D eigenvalue weighted by Gasteiger charge is -2.21. The summed E-state index contributed by atoms with van der Waals surface area (Å²) in [5.74, 6) is 0. The molecule has 1 nitrogen and oxygen atoms in total. The van der Waals surface area contributed by atoms with Crippen molar-refractivity contribution in [3.8, 4) is 0 Å². The van der Waals surface area contributed by atoms with Crippen molar-refractivity contribution in [2.75, 3.05) is 0 Å². The lowest BCUT2D eigenvalue weighted by Crippen LogP contribution is -2.15. The minimum Gasteiger partial charge on any atom is -0.260 e. The zero-order valence-electron chi connectivity index (χ0n) is 8.90. The summed E-state index contributed by atoms with van der Waals surface area (Å²) in [5, 5.41) is 0.847. The van der Waals surface area contributed by atoms with Crippen molar-refractivity contribution in [2.45, 2.75) is 40.0 Å². The SMILES string of the molecule is Cc1cnc(C(C)(C)C)c(C)c1Cl. The van der Waals surface area contributed by atoms with E-state index in [9.17, 15) is 0 Å². The molecule has 0 saturated heterocycles. The summed E-state index contributed by atoms with van der Waals surface area (Å²) in [7, 11) is 0. The number of nitrogens with zero attached hydrogens (tertiary/aromatic N) is 1. The van der Waals surface area contributed by atoms with E-state index in [1.165, 1.54) is 0 Å². The molecule has 2 heteroatoms. The molecule has 0 aliphatic heterocycles. The topological polar surface area (TPSA) is 12.9 Å². The molecule has 0 fully saturated rings. The minimum absolute atomic E-state index is 0.0709. The van der Waals surface area contributed by atoms with Gasteiger partial charge in [-0.2, -0.15) is 0 Å². The van der Waals surface area contributed by atoms with Crippen LogP contribution in [0.3, 0.4) is 0 Å². The molecule has 0 saturated carbocycles. The molecule has 72 valence electrons. The maximum absolute atomic E-state index is 6.15. The molecule has 0 spiro atoms. The zero-order chi connectivity index (χ0) is 10.2. The van der Waals surface area contributed by atoms with Gasteiger partial charge in [0.15, 0.2) is 0 Å². The third kappa shape index (κ3) is 2.02. The van der Waals surface area contributed by atoms with Gasteiger partial charge in [0.05, 0.1) is 5.69 Å². The summed E-state index contributed by atoms with van der Waals surface area (Å²) < 4.78 is 0. The molecule has 0 radical (unpaired) electrons. The maximum atomic E-state index is 6.15. The Bertz CT molecular complexity index is 324. The molecule has 0 aromatic carbocycles. The van der Waals surface area contributed by atoms with Crippen LogP contribution in [0.2, 0.25) is 5.02 Å². The maximum Gasteiger partial charge on any atom is 0.0501 e. The first-order valence-corrected chi connectivity index (χ1v) is 4.84. The van der Waals surface area contributed by atoms with Crippen molar-refractivity contribution in [1.82, 2.24) is 4.98 Å². The largest absolute Gasteiger partial charge is 0.260 e. The third-order valence-corrected chi connectivity index (χ3v) is 2.71. The lowest BCUT2D eigenvalue weighted by molar-refractivity contribution is 0.564. The van der Waals surface area contributed by atoms with E-state index < -0.39 is 0 Å². The lowest BCUT2D eigenvalue weighted by atomic mass is 9.88. The van der Waals surface area contributed by atoms with E-state index in [2.05, 4.69) is 25.8 Å². The van der Waals surface area contributed by atoms with Gasteiger partial charge in [-0.3, -0.25) is 4.98 Å². The second kappa shape index (κ2) is 3.30. The number of halogens is 1. The average molecular weight is 198 g/mol. The van der Waals surface area contributed by atoms with Crippen molar-refractivity contribution in [2.24, 2.45) is 0 Å². The fourth-order valence-electron chi connectivity index (χ4n) is 1.47. The number of aryl methyl sites for hydroxylation is 1. The number of pyridine rings is 1. The Balaban J connectivity index is 3.35. The van der Waals surface area contributed by atoms with Gasteiger partial charge in [0.2, 0.25) is 0 Å². The molecule has 0 aliphatic carbocycles. The van der Waals surface area contributed by atoms with Crippen molar-refractivity contribution in [3.05, 3.63) is 28.0 Å². The van der Waals surface area contributed by atoms with Crippen LogP contribution in [0, 0.1) is 13.8 Å². The number of aromatic nitrogens is 1. The molecule has 0 amide bonds. The van der Waals surface area contributed by atoms with Crippen LogP contribution in [-0.4, -0.2) is 4.98 Å². The molecule has 1 rings (SSSR count). The summed E-state index contributed by atoms with van der Waals surface area (Å²) in [5.41, 5.74) is 3.31. The Morgan fingerprint density at radius 2 is 1.77 bits per heavy atom. The van der Waals surface area contributed by atoms with Crippen molar-refractivity contribution in [3.63, 3.8) is 0 Å². The van der Waals surface area contributed by atoms with Crippen molar-refractivity contribution >= 4 is 11.6 Å². The molecule has 0 bridgehead atoms. The molecule has 1 aromatic heterocycles. The number of hydrogen-bond donors (Lipinski definition) is 0. The van der Waals surface area contributed by atoms with Gasteiger partial charge in [0.1, 0.15) is 0 Å². The first kappa shape index (κ1) is 10.5. The highest BCUT2D eigenvalue weighted by atomic mass is 35.5. The van der Waals surface area contributed by atoms with Crippen LogP contribution >= 0.6 is 11.6 Å². The second-order valence-electron chi connectivity index (χ2n) is 4.48. The van der Waals surface area contributed by atoms with E-state index in [0.29, 0.717) is 0 Å². The molecule has 1 aromatic rings. The highest BCUT2D eigenvalue weighted by molar-refractivity contribution is 6.32. The van der Waals surface area contributed by atoms with Gasteiger partial charge in [0.25, 0.3) is 0 Å². The molecule has 0 N–H and O–H groups in total. The zero-order valence-corrected chi connectivity index (χ0v) is 9.66. The average Bonchev–Trinajstić information content (AvgIpc) is 1.98. The predicted octanol–water partition coefficient (Wildman–Crippen LogP) is 3.65. The minimum atomic E-state index is 0.0709. The normalized spacial score (nSPS) is 11.8. The van der Waals surface area contributed by atoms with Gasteiger partial charge >= 0.3 is 0 Å². The highest BCUT2D eigenvalue weighted by Crippen LogP contribution is 2.29. The molecular weight excluding hydrogens is 182 g/mol. The molecular formula is C11H16ClN. The van der Waals surface area contributed by atoms with E-state index in [1.807, 2.05) is 20.0 Å². The van der Waals surface area contributed by atoms with Gasteiger partial charge in [-0.25, -0.2) is 0 Å². The van der Waals surface area contributed by atoms with E-state index in [1.54, 1.807) is 0 Å². The van der Waals surface area contributed by atoms with Crippen LogP contribution in [0.25, 0.3) is 0 Å². The van der Waals surface area contributed by atoms with Gasteiger partial charge < -0.3 is 0 Å². The Hall–Kier alpha value is -0.560. The van der Waals surface area contributed by atoms with Gasteiger partial charge in [-0.05, 0) is 25.0 Å². The molecule has 13 heavy (non-hydrogen) atoms. The fraction of sp³-hybridized carbons (Fsp3) is 0.545. The van der Waals surface area contributed by atoms with E-state index in [4.69, 9.17) is 11.6 Å². The Kier molecular flexibility index (Phi) is 2.67. The predicted molar refractivity (Wildman–Crippen MR) is 57.4 cm³/mol. The molecule has 0 unspecified atom stereocenters. The van der Waals surface area contributed by atoms with Crippen LogP contribution < -0.4 is 0 Å². The molecule has 1 heterocycles. The summed E-state index contributed by atoms with van der Waals surface area (Å²) in [6, 6.07) is 0. The fourth-order valence-corrected chi connectivity index (χ4v) is 1.61. The first-order valence-electron chi connectivity index (χ1n) is 4.46. The summed E-state index contributed by atoms with van der Waals surface area (Å²) in [6.07, 6.45) is 1.84. The van der Waals surface area contributed by atoms with E-state index >= 15 is 0 Å². The summed E-state index contributed by atoms with van der Waals surface area (Å²) >= 11 is 6.15. The summed E-state index contributed by atoms with van der Waals surface area (Å²) in [4.78, 5) is 4.43. The van der Waals surface area contributed by atoms with Crippen LogP contribution in [0.1, 0.15) is 37.6 Å². The standard InChI is InChI=1S/C11H16ClN/c1-7-6-13-10(11(3,4)5)8(2)9(7)12/h6H,1-5H3. The van der Waals surface area contributed by atoms with Crippen molar-refractivity contribution < 1.29 is 0 Å². The van der Waals surface area contributed by atoms with Gasteiger partial charge in [-0.1, -0.05) is 32.4 Å². The highest BCUT2D eigenvalue weighted by Gasteiger charge is 2.19. The first-order chi connectivity index (χ1) is 5.84. The van der Waals surface area contributed by atoms with Crippen molar-refractivity contribution in [1.29, 1.82) is 0 Å². The molecule has 0 aliphatic rings. The smallest absolute Gasteiger partial charge is 0.0501 e. The quantitative estimate of drug-likeness (QED) is 0.619. The molecule has 0 atom stereocenters. The monoisotopic (exact) mass is 197 g/mol. The van der Waals surface area contributed by atoms with E-state index in [0.717, 1.165) is 21.8 Å².